The van der Waals surface area contributed by atoms with Crippen LogP contribution in [0.15, 0.2) is 42.5 Å². The number of amides is 2. The second-order valence-corrected chi connectivity index (χ2v) is 5.79. The van der Waals surface area contributed by atoms with Crippen molar-refractivity contribution in [3.63, 3.8) is 0 Å². The number of imide groups is 1. The van der Waals surface area contributed by atoms with Crippen LogP contribution in [-0.4, -0.2) is 11.8 Å². The monoisotopic (exact) mass is 383 g/mol. The number of nitrogens with zero attached hydrogens (tertiary/aromatic N) is 1. The van der Waals surface area contributed by atoms with Crippen molar-refractivity contribution in [1.29, 1.82) is 0 Å². The maximum atomic E-state index is 12.3. The Morgan fingerprint density at radius 2 is 1.53 bits per heavy atom. The van der Waals surface area contributed by atoms with Crippen LogP contribution in [-0.2, 0) is 0 Å². The summed E-state index contributed by atoms with van der Waals surface area (Å²) in [5.74, 6) is -0.584. The molecule has 1 heterocycles. The summed E-state index contributed by atoms with van der Waals surface area (Å²) in [7, 11) is 0. The van der Waals surface area contributed by atoms with E-state index in [0.717, 1.165) is 3.57 Å². The average molecular weight is 384 g/mol. The summed E-state index contributed by atoms with van der Waals surface area (Å²) in [6.45, 7) is 0. The SMILES string of the molecule is O=C1c2ccc(I)cc2C(=O)N1c1ccc(Cl)cc1. The second-order valence-electron chi connectivity index (χ2n) is 4.11. The first-order valence-electron chi connectivity index (χ1n) is 5.52. The van der Waals surface area contributed by atoms with Crippen LogP contribution >= 0.6 is 34.2 Å². The summed E-state index contributed by atoms with van der Waals surface area (Å²) in [5.41, 5.74) is 1.43. The lowest BCUT2D eigenvalue weighted by molar-refractivity contribution is 0.0926. The van der Waals surface area contributed by atoms with E-state index in [4.69, 9.17) is 11.6 Å². The zero-order chi connectivity index (χ0) is 13.6. The largest absolute Gasteiger partial charge is 0.268 e. The van der Waals surface area contributed by atoms with Gasteiger partial charge in [-0.15, -0.1) is 0 Å². The molecule has 5 heteroatoms. The van der Waals surface area contributed by atoms with Crippen LogP contribution in [0.3, 0.4) is 0 Å². The molecule has 0 bridgehead atoms. The van der Waals surface area contributed by atoms with Crippen molar-refractivity contribution < 1.29 is 9.59 Å². The summed E-state index contributed by atoms with van der Waals surface area (Å²) in [6.07, 6.45) is 0. The van der Waals surface area contributed by atoms with Crippen molar-refractivity contribution in [2.45, 2.75) is 0 Å². The van der Waals surface area contributed by atoms with Gasteiger partial charge in [0.25, 0.3) is 11.8 Å². The number of hydrogen-bond acceptors (Lipinski definition) is 2. The number of hydrogen-bond donors (Lipinski definition) is 0. The maximum absolute atomic E-state index is 12.3. The third-order valence-electron chi connectivity index (χ3n) is 2.93. The predicted octanol–water partition coefficient (Wildman–Crippen LogP) is 3.75. The van der Waals surface area contributed by atoms with Gasteiger partial charge in [-0.1, -0.05) is 11.6 Å². The Kier molecular flexibility index (Phi) is 3.06. The van der Waals surface area contributed by atoms with Gasteiger partial charge in [0.1, 0.15) is 0 Å². The molecule has 0 radical (unpaired) electrons. The van der Waals surface area contributed by atoms with Gasteiger partial charge in [0.15, 0.2) is 0 Å². The van der Waals surface area contributed by atoms with Crippen LogP contribution in [0.4, 0.5) is 5.69 Å². The third kappa shape index (κ3) is 2.04. The first kappa shape index (κ1) is 12.6. The lowest BCUT2D eigenvalue weighted by atomic mass is 10.1. The van der Waals surface area contributed by atoms with E-state index in [-0.39, 0.29) is 11.8 Å². The number of halogens is 2. The lowest BCUT2D eigenvalue weighted by Gasteiger charge is -2.13. The Morgan fingerprint density at radius 3 is 2.21 bits per heavy atom. The Labute approximate surface area is 128 Å². The molecule has 2 aromatic rings. The van der Waals surface area contributed by atoms with Crippen molar-refractivity contribution in [1.82, 2.24) is 0 Å². The van der Waals surface area contributed by atoms with E-state index in [0.29, 0.717) is 21.8 Å². The minimum absolute atomic E-state index is 0.291. The van der Waals surface area contributed by atoms with Gasteiger partial charge in [-0.2, -0.15) is 0 Å². The number of anilines is 1. The normalized spacial score (nSPS) is 13.9. The molecular formula is C14H7ClINO2. The Bertz CT molecular complexity index is 697. The molecule has 0 fully saturated rings. The van der Waals surface area contributed by atoms with Crippen molar-refractivity contribution in [2.24, 2.45) is 0 Å². The van der Waals surface area contributed by atoms with Crippen LogP contribution in [0.5, 0.6) is 0 Å². The smallest absolute Gasteiger partial charge is 0.266 e. The number of carbonyl (C=O) groups is 2. The van der Waals surface area contributed by atoms with Crippen molar-refractivity contribution >= 4 is 51.7 Å². The summed E-state index contributed by atoms with van der Waals surface area (Å²) in [4.78, 5) is 25.8. The molecular weight excluding hydrogens is 377 g/mol. The molecule has 0 saturated carbocycles. The standard InChI is InChI=1S/C14H7ClINO2/c15-8-1-4-10(5-2-8)17-13(18)11-6-3-9(16)7-12(11)14(17)19/h1-7H. The van der Waals surface area contributed by atoms with E-state index in [1.165, 1.54) is 4.90 Å². The van der Waals surface area contributed by atoms with E-state index in [1.807, 2.05) is 6.07 Å². The van der Waals surface area contributed by atoms with Gasteiger partial charge in [0, 0.05) is 8.59 Å². The van der Waals surface area contributed by atoms with Crippen LogP contribution in [0.2, 0.25) is 5.02 Å². The molecule has 0 atom stereocenters. The first-order chi connectivity index (χ1) is 9.08. The van der Waals surface area contributed by atoms with Crippen LogP contribution < -0.4 is 4.90 Å². The van der Waals surface area contributed by atoms with E-state index in [1.54, 1.807) is 36.4 Å². The number of benzene rings is 2. The molecule has 1 aliphatic heterocycles. The highest BCUT2D eigenvalue weighted by molar-refractivity contribution is 14.1. The first-order valence-corrected chi connectivity index (χ1v) is 6.97. The van der Waals surface area contributed by atoms with Crippen molar-refractivity contribution in [2.75, 3.05) is 4.90 Å². The zero-order valence-corrected chi connectivity index (χ0v) is 12.5. The fraction of sp³-hybridized carbons (Fsp3) is 0. The van der Waals surface area contributed by atoms with Crippen molar-refractivity contribution in [3.8, 4) is 0 Å². The molecule has 0 aliphatic carbocycles. The summed E-state index contributed by atoms with van der Waals surface area (Å²) >= 11 is 7.93. The van der Waals surface area contributed by atoms with Gasteiger partial charge in [0.05, 0.1) is 16.8 Å². The molecule has 94 valence electrons. The highest BCUT2D eigenvalue weighted by Gasteiger charge is 2.36. The van der Waals surface area contributed by atoms with Gasteiger partial charge in [-0.05, 0) is 65.1 Å². The van der Waals surface area contributed by atoms with Gasteiger partial charge >= 0.3 is 0 Å². The maximum Gasteiger partial charge on any atom is 0.266 e. The van der Waals surface area contributed by atoms with Gasteiger partial charge in [0.2, 0.25) is 0 Å². The number of carbonyl (C=O) groups excluding carboxylic acids is 2. The zero-order valence-electron chi connectivity index (χ0n) is 9.56. The molecule has 2 aromatic carbocycles. The van der Waals surface area contributed by atoms with Gasteiger partial charge in [-0.3, -0.25) is 9.59 Å². The van der Waals surface area contributed by atoms with Gasteiger partial charge in [-0.25, -0.2) is 4.90 Å². The molecule has 19 heavy (non-hydrogen) atoms. The topological polar surface area (TPSA) is 37.4 Å². The lowest BCUT2D eigenvalue weighted by Crippen LogP contribution is -2.29. The fourth-order valence-corrected chi connectivity index (χ4v) is 2.65. The highest BCUT2D eigenvalue weighted by atomic mass is 127. The molecule has 0 unspecified atom stereocenters. The van der Waals surface area contributed by atoms with Crippen LogP contribution in [0, 0.1) is 3.57 Å². The molecule has 0 aromatic heterocycles. The van der Waals surface area contributed by atoms with Crippen LogP contribution in [0.25, 0.3) is 0 Å². The average Bonchev–Trinajstić information content (AvgIpc) is 2.63. The second kappa shape index (κ2) is 4.61. The molecule has 0 saturated heterocycles. The molecule has 1 aliphatic rings. The minimum atomic E-state index is -0.293. The highest BCUT2D eigenvalue weighted by Crippen LogP contribution is 2.29. The predicted molar refractivity (Wildman–Crippen MR) is 81.8 cm³/mol. The summed E-state index contributed by atoms with van der Waals surface area (Å²) in [5, 5.41) is 0.565. The van der Waals surface area contributed by atoms with E-state index in [9.17, 15) is 9.59 Å². The molecule has 2 amide bonds. The quantitative estimate of drug-likeness (QED) is 0.556. The Morgan fingerprint density at radius 1 is 0.895 bits per heavy atom. The van der Waals surface area contributed by atoms with E-state index >= 15 is 0 Å². The molecule has 0 N–H and O–H groups in total. The molecule has 0 spiro atoms. The third-order valence-corrected chi connectivity index (χ3v) is 3.86. The van der Waals surface area contributed by atoms with E-state index in [2.05, 4.69) is 22.6 Å². The van der Waals surface area contributed by atoms with Crippen molar-refractivity contribution in [3.05, 3.63) is 62.2 Å². The molecule has 3 rings (SSSR count). The summed E-state index contributed by atoms with van der Waals surface area (Å²) in [6, 6.07) is 11.9. The van der Waals surface area contributed by atoms with Gasteiger partial charge < -0.3 is 0 Å². The summed E-state index contributed by atoms with van der Waals surface area (Å²) < 4.78 is 0.926. The molecule has 3 nitrogen and oxygen atoms in total. The fourth-order valence-electron chi connectivity index (χ4n) is 2.04. The van der Waals surface area contributed by atoms with E-state index < -0.39 is 0 Å². The van der Waals surface area contributed by atoms with Crippen LogP contribution in [0.1, 0.15) is 20.7 Å². The Balaban J connectivity index is 2.10. The number of fused-ring (bicyclic) bond motifs is 1. The Hall–Kier alpha value is -1.40. The number of rotatable bonds is 1. The minimum Gasteiger partial charge on any atom is -0.268 e.